The van der Waals surface area contributed by atoms with Crippen LogP contribution in [0.3, 0.4) is 0 Å². The minimum absolute atomic E-state index is 0.322. The molecule has 0 saturated heterocycles. The summed E-state index contributed by atoms with van der Waals surface area (Å²) in [5, 5.41) is 1.78. The van der Waals surface area contributed by atoms with Crippen molar-refractivity contribution in [3.63, 3.8) is 0 Å². The van der Waals surface area contributed by atoms with Gasteiger partial charge in [0.1, 0.15) is 11.6 Å². The van der Waals surface area contributed by atoms with Gasteiger partial charge in [0.15, 0.2) is 0 Å². The van der Waals surface area contributed by atoms with Gasteiger partial charge in [0.05, 0.1) is 0 Å². The zero-order chi connectivity index (χ0) is 27.8. The smallest absolute Gasteiger partial charge is 0.258 e. The van der Waals surface area contributed by atoms with E-state index >= 15 is 0 Å². The molecule has 2 aromatic carbocycles. The highest BCUT2D eigenvalue weighted by atomic mass is 28.4. The van der Waals surface area contributed by atoms with Crippen molar-refractivity contribution in [1.82, 2.24) is 14.1 Å². The van der Waals surface area contributed by atoms with E-state index in [1.165, 1.54) is 28.3 Å². The molecule has 0 spiro atoms. The van der Waals surface area contributed by atoms with Gasteiger partial charge in [0, 0.05) is 22.8 Å². The van der Waals surface area contributed by atoms with Crippen LogP contribution in [-0.2, 0) is 6.42 Å². The number of pyridine rings is 1. The second-order valence-electron chi connectivity index (χ2n) is 11.4. The molecule has 5 aromatic rings. The maximum atomic E-state index is 12.6. The fraction of sp³-hybridized carbons (Fsp3) is 0.265. The second-order valence-corrected chi connectivity index (χ2v) is 15.4. The van der Waals surface area contributed by atoms with E-state index in [1.807, 2.05) is 36.4 Å². The lowest BCUT2D eigenvalue weighted by Gasteiger charge is -2.41. The first-order valence-corrected chi connectivity index (χ1v) is 15.7. The van der Waals surface area contributed by atoms with E-state index in [-0.39, 0.29) is 5.04 Å². The van der Waals surface area contributed by atoms with E-state index in [0.29, 0.717) is 0 Å². The molecule has 0 amide bonds. The molecule has 0 aliphatic rings. The van der Waals surface area contributed by atoms with E-state index < -0.39 is 8.32 Å². The van der Waals surface area contributed by atoms with Crippen LogP contribution in [0.4, 0.5) is 0 Å². The van der Waals surface area contributed by atoms with Crippen LogP contribution in [0.25, 0.3) is 11.6 Å². The average Bonchev–Trinajstić information content (AvgIpc) is 3.46. The lowest BCUT2D eigenvalue weighted by molar-refractivity contribution is 0.466. The van der Waals surface area contributed by atoms with Gasteiger partial charge in [0.2, 0.25) is 0 Å². The van der Waals surface area contributed by atoms with Gasteiger partial charge in [-0.05, 0) is 97.9 Å². The Bertz CT molecular complexity index is 1440. The van der Waals surface area contributed by atoms with Gasteiger partial charge >= 0.3 is 0 Å². The minimum Gasteiger partial charge on any atom is -0.424 e. The summed E-state index contributed by atoms with van der Waals surface area (Å²) in [6.07, 6.45) is 1.68. The van der Waals surface area contributed by atoms with Gasteiger partial charge in [-0.3, -0.25) is 0 Å². The average molecular weight is 534 g/mol. The Morgan fingerprint density at radius 2 is 1.03 bits per heavy atom. The monoisotopic (exact) mass is 533 g/mol. The van der Waals surface area contributed by atoms with Crippen LogP contribution in [0.2, 0.25) is 5.04 Å². The molecule has 1 N–H and O–H groups in total. The van der Waals surface area contributed by atoms with Gasteiger partial charge in [-0.1, -0.05) is 74.5 Å². The molecule has 0 aliphatic heterocycles. The maximum absolute atomic E-state index is 12.6. The Morgan fingerprint density at radius 1 is 0.641 bits per heavy atom. The Morgan fingerprint density at radius 3 is 1.41 bits per heavy atom. The molecule has 0 radical (unpaired) electrons. The van der Waals surface area contributed by atoms with Crippen molar-refractivity contribution in [2.24, 2.45) is 0 Å². The lowest BCUT2D eigenvalue weighted by atomic mass is 10.0. The van der Waals surface area contributed by atoms with E-state index in [4.69, 9.17) is 4.98 Å². The van der Waals surface area contributed by atoms with Crippen molar-refractivity contribution < 1.29 is 4.80 Å². The predicted octanol–water partition coefficient (Wildman–Crippen LogP) is 6.36. The Kier molecular flexibility index (Phi) is 7.23. The van der Waals surface area contributed by atoms with Gasteiger partial charge in [0.25, 0.3) is 8.32 Å². The van der Waals surface area contributed by atoms with Crippen molar-refractivity contribution in [2.75, 3.05) is 0 Å². The Hall–Kier alpha value is -3.67. The van der Waals surface area contributed by atoms with Crippen molar-refractivity contribution in [3.05, 3.63) is 125 Å². The highest BCUT2D eigenvalue weighted by Gasteiger charge is 2.49. The Labute approximate surface area is 233 Å². The summed E-state index contributed by atoms with van der Waals surface area (Å²) < 4.78 is 4.46. The predicted molar refractivity (Wildman–Crippen MR) is 164 cm³/mol. The second kappa shape index (κ2) is 10.5. The van der Waals surface area contributed by atoms with Crippen LogP contribution in [0.1, 0.15) is 48.6 Å². The molecular weight excluding hydrogens is 494 g/mol. The molecule has 3 heterocycles. The first-order valence-electron chi connectivity index (χ1n) is 13.8. The molecule has 3 aromatic heterocycles. The standard InChI is InChI=1S/C34H39N3OSi/c1-25-17-18-26(2)36(25)32-23-29(24-33(35-32)37-27(3)19-20-28(37)4)21-22-34(5,6)39(38,30-13-9-7-10-14-30)31-15-11-8-12-16-31/h7-20,23-24,38H,21-22H2,1-6H3. The molecule has 200 valence electrons. The molecule has 0 bridgehead atoms. The summed E-state index contributed by atoms with van der Waals surface area (Å²) in [6, 6.07) is 33.6. The van der Waals surface area contributed by atoms with Crippen LogP contribution in [0.15, 0.2) is 97.1 Å². The molecule has 0 fully saturated rings. The van der Waals surface area contributed by atoms with E-state index in [0.717, 1.165) is 34.9 Å². The molecule has 39 heavy (non-hydrogen) atoms. The van der Waals surface area contributed by atoms with Crippen LogP contribution < -0.4 is 10.4 Å². The molecule has 0 aliphatic carbocycles. The first kappa shape index (κ1) is 26.9. The number of rotatable bonds is 8. The number of nitrogens with zero attached hydrogens (tertiary/aromatic N) is 3. The third-order valence-electron chi connectivity index (χ3n) is 8.26. The number of hydrogen-bond acceptors (Lipinski definition) is 2. The van der Waals surface area contributed by atoms with Crippen molar-refractivity contribution in [3.8, 4) is 11.6 Å². The SMILES string of the molecule is Cc1ccc(C)n1-c1cc(CCC(C)(C)[Si](O)(c2ccccc2)c2ccccc2)cc(-n2c(C)ccc2C)n1. The summed E-state index contributed by atoms with van der Waals surface area (Å²) in [5.41, 5.74) is 5.89. The van der Waals surface area contributed by atoms with E-state index in [9.17, 15) is 4.80 Å². The summed E-state index contributed by atoms with van der Waals surface area (Å²) in [7, 11) is -3.08. The van der Waals surface area contributed by atoms with Crippen LogP contribution >= 0.6 is 0 Å². The van der Waals surface area contributed by atoms with E-state index in [1.54, 1.807) is 0 Å². The topological polar surface area (TPSA) is 43.0 Å². The summed E-state index contributed by atoms with van der Waals surface area (Å²) in [6.45, 7) is 13.0. The van der Waals surface area contributed by atoms with Gasteiger partial charge < -0.3 is 13.9 Å². The van der Waals surface area contributed by atoms with Crippen molar-refractivity contribution in [1.29, 1.82) is 0 Å². The van der Waals surface area contributed by atoms with Gasteiger partial charge in [-0.25, -0.2) is 4.98 Å². The number of hydrogen-bond donors (Lipinski definition) is 1. The molecule has 0 saturated carbocycles. The summed E-state index contributed by atoms with van der Waals surface area (Å²) in [4.78, 5) is 17.8. The highest BCUT2D eigenvalue weighted by Crippen LogP contribution is 2.40. The lowest BCUT2D eigenvalue weighted by Crippen LogP contribution is -2.65. The highest BCUT2D eigenvalue weighted by molar-refractivity contribution is 6.98. The van der Waals surface area contributed by atoms with E-state index in [2.05, 4.69) is 111 Å². The van der Waals surface area contributed by atoms with Crippen LogP contribution in [-0.4, -0.2) is 27.2 Å². The largest absolute Gasteiger partial charge is 0.424 e. The molecule has 5 rings (SSSR count). The molecular formula is C34H39N3OSi. The molecule has 5 heteroatoms. The van der Waals surface area contributed by atoms with Crippen LogP contribution in [0, 0.1) is 27.7 Å². The van der Waals surface area contributed by atoms with Gasteiger partial charge in [-0.2, -0.15) is 0 Å². The Balaban J connectivity index is 1.57. The van der Waals surface area contributed by atoms with Gasteiger partial charge in [-0.15, -0.1) is 0 Å². The fourth-order valence-electron chi connectivity index (χ4n) is 5.93. The fourth-order valence-corrected chi connectivity index (χ4v) is 9.67. The van der Waals surface area contributed by atoms with Crippen molar-refractivity contribution >= 4 is 18.7 Å². The minimum atomic E-state index is -3.08. The third-order valence-corrected chi connectivity index (χ3v) is 12.8. The zero-order valence-corrected chi connectivity index (χ0v) is 24.9. The number of aryl methyl sites for hydroxylation is 5. The number of aromatic nitrogens is 3. The van der Waals surface area contributed by atoms with Crippen molar-refractivity contribution in [2.45, 2.75) is 59.4 Å². The van der Waals surface area contributed by atoms with Crippen LogP contribution in [0.5, 0.6) is 0 Å². The first-order chi connectivity index (χ1) is 18.6. The maximum Gasteiger partial charge on any atom is 0.258 e. The third kappa shape index (κ3) is 4.93. The quantitative estimate of drug-likeness (QED) is 0.236. The molecule has 4 nitrogen and oxygen atoms in total. The molecule has 0 unspecified atom stereocenters. The zero-order valence-electron chi connectivity index (χ0n) is 23.9. The molecule has 0 atom stereocenters. The summed E-state index contributed by atoms with van der Waals surface area (Å²) in [5.74, 6) is 1.87. The summed E-state index contributed by atoms with van der Waals surface area (Å²) >= 11 is 0. The normalized spacial score (nSPS) is 12.2. The number of benzene rings is 2.